The Labute approximate surface area is 212 Å². The first-order valence-corrected chi connectivity index (χ1v) is 13.5. The molecule has 0 aliphatic heterocycles. The molecular weight excluding hydrogens is 464 g/mol. The van der Waals surface area contributed by atoms with Gasteiger partial charge in [-0.3, -0.25) is 4.31 Å². The SMILES string of the molecule is CCn1c2ccccc2c2cc(N(CC#Cc3cccc(C)c3)S(=O)(=O)c3ccc(C)cc3)ccc21. The van der Waals surface area contributed by atoms with E-state index in [9.17, 15) is 8.42 Å². The molecule has 1 aromatic heterocycles. The number of hydrogen-bond donors (Lipinski definition) is 0. The second-order valence-corrected chi connectivity index (χ2v) is 10.8. The summed E-state index contributed by atoms with van der Waals surface area (Å²) in [7, 11) is -3.83. The fourth-order valence-electron chi connectivity index (χ4n) is 4.63. The van der Waals surface area contributed by atoms with Crippen LogP contribution in [0.1, 0.15) is 23.6 Å². The first-order valence-electron chi connectivity index (χ1n) is 12.0. The van der Waals surface area contributed by atoms with Crippen molar-refractivity contribution in [2.24, 2.45) is 0 Å². The van der Waals surface area contributed by atoms with Crippen LogP contribution in [-0.2, 0) is 16.6 Å². The van der Waals surface area contributed by atoms with E-state index < -0.39 is 10.0 Å². The summed E-state index contributed by atoms with van der Waals surface area (Å²) in [6, 6.07) is 29.0. The van der Waals surface area contributed by atoms with Crippen LogP contribution in [0.4, 0.5) is 5.69 Å². The molecule has 180 valence electrons. The number of sulfonamides is 1. The van der Waals surface area contributed by atoms with Gasteiger partial charge in [-0.25, -0.2) is 8.42 Å². The molecule has 5 heteroatoms. The number of aryl methyl sites for hydroxylation is 3. The van der Waals surface area contributed by atoms with Gasteiger partial charge in [0.05, 0.1) is 17.1 Å². The van der Waals surface area contributed by atoms with Crippen molar-refractivity contribution >= 4 is 37.5 Å². The lowest BCUT2D eigenvalue weighted by Crippen LogP contribution is -2.31. The maximum absolute atomic E-state index is 13.9. The molecule has 0 amide bonds. The van der Waals surface area contributed by atoms with E-state index in [0.717, 1.165) is 45.0 Å². The molecule has 0 aliphatic rings. The molecule has 0 N–H and O–H groups in total. The Morgan fingerprint density at radius 3 is 2.28 bits per heavy atom. The molecule has 0 aliphatic carbocycles. The van der Waals surface area contributed by atoms with Crippen LogP contribution in [0.25, 0.3) is 21.8 Å². The molecule has 5 aromatic rings. The summed E-state index contributed by atoms with van der Waals surface area (Å²) in [6.45, 7) is 6.95. The molecule has 0 spiro atoms. The molecule has 0 fully saturated rings. The van der Waals surface area contributed by atoms with E-state index >= 15 is 0 Å². The van der Waals surface area contributed by atoms with E-state index in [0.29, 0.717) is 5.69 Å². The molecule has 4 aromatic carbocycles. The van der Waals surface area contributed by atoms with Crippen LogP contribution in [0.2, 0.25) is 0 Å². The number of nitrogens with zero attached hydrogens (tertiary/aromatic N) is 2. The van der Waals surface area contributed by atoms with E-state index in [-0.39, 0.29) is 11.4 Å². The van der Waals surface area contributed by atoms with E-state index in [4.69, 9.17) is 0 Å². The molecule has 0 atom stereocenters. The average molecular weight is 493 g/mol. The van der Waals surface area contributed by atoms with Crippen molar-refractivity contribution in [1.29, 1.82) is 0 Å². The summed E-state index contributed by atoms with van der Waals surface area (Å²) in [5, 5.41) is 2.13. The molecule has 4 nitrogen and oxygen atoms in total. The predicted molar refractivity (Wildman–Crippen MR) is 149 cm³/mol. The van der Waals surface area contributed by atoms with Crippen LogP contribution in [-0.4, -0.2) is 19.5 Å². The van der Waals surface area contributed by atoms with Gasteiger partial charge >= 0.3 is 0 Å². The van der Waals surface area contributed by atoms with E-state index in [1.165, 1.54) is 4.31 Å². The topological polar surface area (TPSA) is 42.3 Å². The van der Waals surface area contributed by atoms with Crippen molar-refractivity contribution in [3.8, 4) is 11.8 Å². The number of fused-ring (bicyclic) bond motifs is 3. The minimum atomic E-state index is -3.83. The zero-order valence-corrected chi connectivity index (χ0v) is 21.5. The minimum absolute atomic E-state index is 0.0437. The molecule has 0 radical (unpaired) electrons. The van der Waals surface area contributed by atoms with Crippen LogP contribution in [0.5, 0.6) is 0 Å². The number of hydrogen-bond acceptors (Lipinski definition) is 2. The molecule has 0 bridgehead atoms. The quantitative estimate of drug-likeness (QED) is 0.257. The smallest absolute Gasteiger partial charge is 0.265 e. The predicted octanol–water partition coefficient (Wildman–Crippen LogP) is 6.68. The van der Waals surface area contributed by atoms with E-state index in [1.54, 1.807) is 12.1 Å². The fraction of sp³-hybridized carbons (Fsp3) is 0.161. The van der Waals surface area contributed by atoms with Crippen LogP contribution >= 0.6 is 0 Å². The van der Waals surface area contributed by atoms with Gasteiger partial charge in [0.2, 0.25) is 0 Å². The zero-order valence-electron chi connectivity index (χ0n) is 20.7. The van der Waals surface area contributed by atoms with E-state index in [1.807, 2.05) is 80.6 Å². The molecule has 0 saturated heterocycles. The third kappa shape index (κ3) is 4.36. The first-order chi connectivity index (χ1) is 17.4. The van der Waals surface area contributed by atoms with Crippen LogP contribution in [0.3, 0.4) is 0 Å². The molecular formula is C31H28N2O2S. The number of aromatic nitrogens is 1. The van der Waals surface area contributed by atoms with Gasteiger partial charge in [0.15, 0.2) is 0 Å². The maximum atomic E-state index is 13.9. The lowest BCUT2D eigenvalue weighted by molar-refractivity contribution is 0.593. The summed E-state index contributed by atoms with van der Waals surface area (Å²) >= 11 is 0. The third-order valence-electron chi connectivity index (χ3n) is 6.44. The highest BCUT2D eigenvalue weighted by Crippen LogP contribution is 2.33. The average Bonchev–Trinajstić information content (AvgIpc) is 3.20. The Hall–Kier alpha value is -4.01. The lowest BCUT2D eigenvalue weighted by atomic mass is 10.1. The Bertz CT molecular complexity index is 1740. The van der Waals surface area contributed by atoms with Gasteiger partial charge in [-0.15, -0.1) is 0 Å². The van der Waals surface area contributed by atoms with Gasteiger partial charge in [0, 0.05) is 33.9 Å². The first kappa shape index (κ1) is 23.7. The number of para-hydroxylation sites is 1. The van der Waals surface area contributed by atoms with Crippen LogP contribution in [0.15, 0.2) is 95.9 Å². The Morgan fingerprint density at radius 2 is 1.53 bits per heavy atom. The second kappa shape index (κ2) is 9.56. The number of anilines is 1. The van der Waals surface area contributed by atoms with Crippen molar-refractivity contribution in [3.63, 3.8) is 0 Å². The monoisotopic (exact) mass is 492 g/mol. The highest BCUT2D eigenvalue weighted by Gasteiger charge is 2.25. The largest absolute Gasteiger partial charge is 0.341 e. The minimum Gasteiger partial charge on any atom is -0.341 e. The normalized spacial score (nSPS) is 11.4. The second-order valence-electron chi connectivity index (χ2n) is 8.96. The Morgan fingerprint density at radius 1 is 0.778 bits per heavy atom. The summed E-state index contributed by atoms with van der Waals surface area (Å²) in [5.74, 6) is 6.25. The van der Waals surface area contributed by atoms with Crippen LogP contribution < -0.4 is 4.31 Å². The highest BCUT2D eigenvalue weighted by atomic mass is 32.2. The fourth-order valence-corrected chi connectivity index (χ4v) is 5.99. The number of benzene rings is 4. The molecule has 0 unspecified atom stereocenters. The van der Waals surface area contributed by atoms with Crippen molar-refractivity contribution in [2.45, 2.75) is 32.2 Å². The van der Waals surface area contributed by atoms with Crippen molar-refractivity contribution in [1.82, 2.24) is 4.57 Å². The van der Waals surface area contributed by atoms with Gasteiger partial charge in [-0.2, -0.15) is 0 Å². The van der Waals surface area contributed by atoms with Crippen molar-refractivity contribution < 1.29 is 8.42 Å². The van der Waals surface area contributed by atoms with Gasteiger partial charge in [-0.05, 0) is 74.9 Å². The van der Waals surface area contributed by atoms with Gasteiger partial charge < -0.3 is 4.57 Å². The molecule has 0 saturated carbocycles. The van der Waals surface area contributed by atoms with Crippen LogP contribution in [0, 0.1) is 25.7 Å². The lowest BCUT2D eigenvalue weighted by Gasteiger charge is -2.23. The summed E-state index contributed by atoms with van der Waals surface area (Å²) < 4.78 is 31.4. The Balaban J connectivity index is 1.65. The molecule has 36 heavy (non-hydrogen) atoms. The third-order valence-corrected chi connectivity index (χ3v) is 8.23. The maximum Gasteiger partial charge on any atom is 0.265 e. The van der Waals surface area contributed by atoms with Gasteiger partial charge in [-0.1, -0.05) is 59.9 Å². The zero-order chi connectivity index (χ0) is 25.3. The Kier molecular flexibility index (Phi) is 6.30. The number of rotatable bonds is 5. The molecule has 5 rings (SSSR count). The van der Waals surface area contributed by atoms with Gasteiger partial charge in [0.25, 0.3) is 10.0 Å². The standard InChI is InChI=1S/C31H28N2O2S/c1-4-32-30-13-6-5-12-28(30)29-22-26(16-19-31(29)32)33(20-8-11-25-10-7-9-24(3)21-25)36(34,35)27-17-14-23(2)15-18-27/h5-7,9-10,12-19,21-22H,4,20H2,1-3H3. The van der Waals surface area contributed by atoms with Crippen molar-refractivity contribution in [2.75, 3.05) is 10.8 Å². The van der Waals surface area contributed by atoms with E-state index in [2.05, 4.69) is 35.5 Å². The summed E-state index contributed by atoms with van der Waals surface area (Å²) in [4.78, 5) is 0.251. The molecule has 1 heterocycles. The highest BCUT2D eigenvalue weighted by molar-refractivity contribution is 7.92. The van der Waals surface area contributed by atoms with Crippen molar-refractivity contribution in [3.05, 3.63) is 108 Å². The summed E-state index contributed by atoms with van der Waals surface area (Å²) in [5.41, 5.74) is 5.81. The van der Waals surface area contributed by atoms with Gasteiger partial charge in [0.1, 0.15) is 0 Å². The summed E-state index contributed by atoms with van der Waals surface area (Å²) in [6.07, 6.45) is 0.